The van der Waals surface area contributed by atoms with Crippen LogP contribution in [0, 0.1) is 0 Å². The fourth-order valence-electron chi connectivity index (χ4n) is 0. The summed E-state index contributed by atoms with van der Waals surface area (Å²) in [6, 6.07) is 0. The molecular formula is Al4Cu4O10. The maximum Gasteiger partial charge on any atom is 3.00 e. The van der Waals surface area contributed by atoms with E-state index in [9.17, 15) is 0 Å². The van der Waals surface area contributed by atoms with Gasteiger partial charge in [-0.15, -0.1) is 0 Å². The molecule has 0 bridgehead atoms. The van der Waals surface area contributed by atoms with E-state index in [4.69, 9.17) is 0 Å². The molecule has 0 saturated carbocycles. The second-order valence-corrected chi connectivity index (χ2v) is 0. The van der Waals surface area contributed by atoms with Crippen molar-refractivity contribution < 1.29 is 123 Å². The summed E-state index contributed by atoms with van der Waals surface area (Å²) in [6.45, 7) is 0. The van der Waals surface area contributed by atoms with Crippen molar-refractivity contribution in [3.8, 4) is 0 Å². The van der Waals surface area contributed by atoms with E-state index in [0.29, 0.717) is 0 Å². The smallest absolute Gasteiger partial charge is 2.00 e. The Hall–Kier alpha value is 3.81. The summed E-state index contributed by atoms with van der Waals surface area (Å²) in [5, 5.41) is 0. The normalized spacial score (nSPS) is 0. The summed E-state index contributed by atoms with van der Waals surface area (Å²) in [5.41, 5.74) is 0. The van der Waals surface area contributed by atoms with E-state index in [1.807, 2.05) is 0 Å². The van der Waals surface area contributed by atoms with E-state index in [0.717, 1.165) is 0 Å². The van der Waals surface area contributed by atoms with Gasteiger partial charge in [0.1, 0.15) is 0 Å². The Balaban J connectivity index is 0. The van der Waals surface area contributed by atoms with E-state index in [2.05, 4.69) is 0 Å². The van der Waals surface area contributed by atoms with Crippen LogP contribution >= 0.6 is 0 Å². The maximum atomic E-state index is 0. The molecule has 0 spiro atoms. The molecule has 0 atom stereocenters. The van der Waals surface area contributed by atoms with Crippen molar-refractivity contribution in [2.24, 2.45) is 0 Å². The minimum atomic E-state index is 0. The first-order valence-electron chi connectivity index (χ1n) is 0. The van der Waals surface area contributed by atoms with Crippen molar-refractivity contribution >= 4 is 69.4 Å². The van der Waals surface area contributed by atoms with Crippen molar-refractivity contribution in [1.29, 1.82) is 0 Å². The molecule has 0 N–H and O–H groups in total. The zero-order chi connectivity index (χ0) is 0. The van der Waals surface area contributed by atoms with E-state index >= 15 is 0 Å². The quantitative estimate of drug-likeness (QED) is 0.293. The molecule has 0 aromatic rings. The summed E-state index contributed by atoms with van der Waals surface area (Å²) < 4.78 is 0. The topological polar surface area (TPSA) is 285 Å². The Labute approximate surface area is 190 Å². The van der Waals surface area contributed by atoms with Gasteiger partial charge in [-0.05, 0) is 0 Å². The summed E-state index contributed by atoms with van der Waals surface area (Å²) in [5.74, 6) is 0. The molecule has 0 aromatic heterocycles. The molecule has 0 aliphatic rings. The van der Waals surface area contributed by atoms with Crippen LogP contribution in [0.1, 0.15) is 0 Å². The molecule has 0 aromatic carbocycles. The van der Waals surface area contributed by atoms with Crippen molar-refractivity contribution in [2.45, 2.75) is 0 Å². The first-order chi connectivity index (χ1) is 0. The van der Waals surface area contributed by atoms with Crippen LogP contribution in [0.2, 0.25) is 0 Å². The predicted molar refractivity (Wildman–Crippen MR) is 29.9 cm³/mol. The van der Waals surface area contributed by atoms with E-state index in [1.54, 1.807) is 0 Å². The minimum absolute atomic E-state index is 0. The van der Waals surface area contributed by atoms with E-state index in [1.165, 1.54) is 0 Å². The second-order valence-electron chi connectivity index (χ2n) is 0. The van der Waals surface area contributed by atoms with E-state index < -0.39 is 0 Å². The van der Waals surface area contributed by atoms with Crippen molar-refractivity contribution in [2.75, 3.05) is 0 Å². The van der Waals surface area contributed by atoms with Gasteiger partial charge in [-0.2, -0.15) is 0 Å². The molecule has 0 saturated heterocycles. The predicted octanol–water partition coefficient (Wildman–Crippen LogP) is -2.72. The molecular weight excluding hydrogens is 522 g/mol. The van der Waals surface area contributed by atoms with E-state index in [-0.39, 0.29) is 192 Å². The van der Waals surface area contributed by atoms with Crippen LogP contribution in [0.4, 0.5) is 0 Å². The molecule has 0 heterocycles. The molecule has 4 radical (unpaired) electrons. The largest absolute Gasteiger partial charge is 3.00 e. The Morgan fingerprint density at radius 2 is 0.167 bits per heavy atom. The molecule has 0 aliphatic carbocycles. The van der Waals surface area contributed by atoms with Crippen LogP contribution in [0.15, 0.2) is 0 Å². The van der Waals surface area contributed by atoms with Gasteiger partial charge in [-0.1, -0.05) is 0 Å². The molecule has 18 heavy (non-hydrogen) atoms. The Bertz CT molecular complexity index is 25.8. The van der Waals surface area contributed by atoms with Crippen LogP contribution in [0.3, 0.4) is 0 Å². The average Bonchev–Trinajstić information content (AvgIpc) is 0. The van der Waals surface area contributed by atoms with Gasteiger partial charge in [0.05, 0.1) is 0 Å². The van der Waals surface area contributed by atoms with Gasteiger partial charge < -0.3 is 54.8 Å². The number of hydrogen-bond acceptors (Lipinski definition) is 0. The average molecular weight is 522 g/mol. The van der Waals surface area contributed by atoms with Gasteiger partial charge in [0.15, 0.2) is 0 Å². The maximum absolute atomic E-state index is 0. The van der Waals surface area contributed by atoms with Crippen LogP contribution in [0.25, 0.3) is 0 Å². The van der Waals surface area contributed by atoms with Gasteiger partial charge in [-0.3, -0.25) is 0 Å². The Morgan fingerprint density at radius 3 is 0.167 bits per heavy atom. The van der Waals surface area contributed by atoms with Gasteiger partial charge >= 0.3 is 138 Å². The standard InChI is InChI=1S/4Al.4Cu.10O/q4*+3;4*+2;10*-2. The van der Waals surface area contributed by atoms with Crippen molar-refractivity contribution in [1.82, 2.24) is 0 Å². The number of rotatable bonds is 0. The third kappa shape index (κ3) is 483. The SMILES string of the molecule is [Al+3].[Al+3].[Al+3].[Al+3].[Cu+2].[Cu+2].[Cu+2].[Cu+2].[O-2].[O-2].[O-2].[O-2].[O-2].[O-2].[O-2].[O-2].[O-2].[O-2]. The third-order valence-electron chi connectivity index (χ3n) is 0. The number of hydrogen-bond donors (Lipinski definition) is 0. The monoisotopic (exact) mass is 520 g/mol. The van der Waals surface area contributed by atoms with Gasteiger partial charge in [0, 0.05) is 0 Å². The molecule has 18 heteroatoms. The van der Waals surface area contributed by atoms with Gasteiger partial charge in [0.25, 0.3) is 0 Å². The molecule has 10 nitrogen and oxygen atoms in total. The van der Waals surface area contributed by atoms with Crippen molar-refractivity contribution in [3.63, 3.8) is 0 Å². The molecule has 0 aliphatic heterocycles. The van der Waals surface area contributed by atoms with Gasteiger partial charge in [0.2, 0.25) is 0 Å². The van der Waals surface area contributed by atoms with Crippen LogP contribution < -0.4 is 0 Å². The molecule has 0 amide bonds. The molecule has 0 unspecified atom stereocenters. The molecule has 116 valence electrons. The second kappa shape index (κ2) is 563. The summed E-state index contributed by atoms with van der Waals surface area (Å²) in [6.07, 6.45) is 0. The molecule has 0 fully saturated rings. The zero-order valence-electron chi connectivity index (χ0n) is 7.60. The minimum Gasteiger partial charge on any atom is -2.00 e. The van der Waals surface area contributed by atoms with Crippen LogP contribution in [0.5, 0.6) is 0 Å². The summed E-state index contributed by atoms with van der Waals surface area (Å²) >= 11 is 0. The first-order valence-corrected chi connectivity index (χ1v) is 0. The fraction of sp³-hybridized carbons (Fsp3) is 0. The van der Waals surface area contributed by atoms with Crippen LogP contribution in [-0.4, -0.2) is 69.4 Å². The summed E-state index contributed by atoms with van der Waals surface area (Å²) in [4.78, 5) is 0. The zero-order valence-corrected chi connectivity index (χ0v) is 16.0. The summed E-state index contributed by atoms with van der Waals surface area (Å²) in [7, 11) is 0. The van der Waals surface area contributed by atoms with Crippen LogP contribution in [-0.2, 0) is 123 Å². The fourth-order valence-corrected chi connectivity index (χ4v) is 0. The molecule has 0 rings (SSSR count). The third-order valence-corrected chi connectivity index (χ3v) is 0. The van der Waals surface area contributed by atoms with Crippen molar-refractivity contribution in [3.05, 3.63) is 0 Å². The Morgan fingerprint density at radius 1 is 0.167 bits per heavy atom. The Kier molecular flexibility index (Phi) is 20400. The first kappa shape index (κ1) is 651. The van der Waals surface area contributed by atoms with Gasteiger partial charge in [-0.25, -0.2) is 0 Å².